The zero-order chi connectivity index (χ0) is 25.5. The fourth-order valence-corrected chi connectivity index (χ4v) is 4.63. The maximum Gasteiger partial charge on any atom is 0.234 e. The minimum Gasteiger partial charge on any atom is -0.493 e. The lowest BCUT2D eigenvalue weighted by Crippen LogP contribution is -2.43. The van der Waals surface area contributed by atoms with Crippen molar-refractivity contribution in [3.05, 3.63) is 71.0 Å². The molecule has 0 unspecified atom stereocenters. The highest BCUT2D eigenvalue weighted by atomic mass is 16.5. The summed E-state index contributed by atoms with van der Waals surface area (Å²) in [5.41, 5.74) is 4.32. The van der Waals surface area contributed by atoms with Crippen molar-refractivity contribution in [2.24, 2.45) is 0 Å². The van der Waals surface area contributed by atoms with Gasteiger partial charge in [-0.15, -0.1) is 0 Å². The van der Waals surface area contributed by atoms with Gasteiger partial charge in [-0.05, 0) is 44.4 Å². The molecule has 1 aliphatic rings. The van der Waals surface area contributed by atoms with Gasteiger partial charge in [0.1, 0.15) is 6.10 Å². The van der Waals surface area contributed by atoms with Crippen molar-refractivity contribution in [1.82, 2.24) is 20.0 Å². The van der Waals surface area contributed by atoms with Crippen LogP contribution < -0.4 is 19.5 Å². The molecule has 2 heterocycles. The maximum absolute atomic E-state index is 12.7. The van der Waals surface area contributed by atoms with Crippen molar-refractivity contribution in [2.75, 3.05) is 33.9 Å². The minimum absolute atomic E-state index is 0.0235. The number of ether oxygens (including phenoxy) is 3. The van der Waals surface area contributed by atoms with Gasteiger partial charge in [-0.25, -0.2) is 0 Å². The van der Waals surface area contributed by atoms with Crippen molar-refractivity contribution >= 4 is 5.91 Å². The molecule has 0 radical (unpaired) electrons. The summed E-state index contributed by atoms with van der Waals surface area (Å²) >= 11 is 0. The predicted molar refractivity (Wildman–Crippen MR) is 139 cm³/mol. The van der Waals surface area contributed by atoms with Crippen molar-refractivity contribution < 1.29 is 19.0 Å². The van der Waals surface area contributed by atoms with E-state index in [4.69, 9.17) is 14.2 Å². The summed E-state index contributed by atoms with van der Waals surface area (Å²) in [6.45, 7) is 7.23. The predicted octanol–water partition coefficient (Wildman–Crippen LogP) is 3.73. The van der Waals surface area contributed by atoms with E-state index in [2.05, 4.69) is 34.4 Å². The van der Waals surface area contributed by atoms with Gasteiger partial charge in [0.05, 0.1) is 33.0 Å². The molecule has 0 spiro atoms. The Kier molecular flexibility index (Phi) is 8.48. The molecule has 1 N–H and O–H groups in total. The van der Waals surface area contributed by atoms with Gasteiger partial charge in [0.25, 0.3) is 0 Å². The number of aryl methyl sites for hydroxylation is 1. The lowest BCUT2D eigenvalue weighted by molar-refractivity contribution is -0.122. The van der Waals surface area contributed by atoms with Gasteiger partial charge in [0.15, 0.2) is 11.5 Å². The molecule has 2 aromatic carbocycles. The Bertz CT molecular complexity index is 1130. The highest BCUT2D eigenvalue weighted by Gasteiger charge is 2.24. The number of methoxy groups -OCH3 is 2. The van der Waals surface area contributed by atoms with Crippen LogP contribution in [0.2, 0.25) is 0 Å². The first-order chi connectivity index (χ1) is 17.5. The van der Waals surface area contributed by atoms with E-state index in [1.165, 1.54) is 5.56 Å². The molecule has 3 aromatic rings. The summed E-state index contributed by atoms with van der Waals surface area (Å²) in [5, 5.41) is 7.78. The summed E-state index contributed by atoms with van der Waals surface area (Å²) in [7, 11) is 3.25. The number of aromatic nitrogens is 2. The van der Waals surface area contributed by atoms with Crippen LogP contribution >= 0.6 is 0 Å². The number of hydrogen-bond donors (Lipinski definition) is 1. The summed E-state index contributed by atoms with van der Waals surface area (Å²) < 4.78 is 19.1. The maximum atomic E-state index is 12.7. The molecule has 1 fully saturated rings. The molecule has 0 bridgehead atoms. The zero-order valence-electron chi connectivity index (χ0n) is 21.6. The number of carbonyl (C=O) groups excluding carboxylic acids is 1. The van der Waals surface area contributed by atoms with Crippen molar-refractivity contribution in [3.8, 4) is 17.2 Å². The second-order valence-electron chi connectivity index (χ2n) is 9.15. The van der Waals surface area contributed by atoms with Gasteiger partial charge in [0.2, 0.25) is 11.7 Å². The summed E-state index contributed by atoms with van der Waals surface area (Å²) in [6, 6.07) is 15.9. The van der Waals surface area contributed by atoms with E-state index in [-0.39, 0.29) is 12.0 Å². The van der Waals surface area contributed by atoms with E-state index in [9.17, 15) is 4.79 Å². The lowest BCUT2D eigenvalue weighted by Gasteiger charge is -2.32. The second kappa shape index (κ2) is 11.9. The van der Waals surface area contributed by atoms with E-state index in [1.54, 1.807) is 14.2 Å². The standard InChI is InChI=1S/C28H36N4O4/c1-20-24(21(2)32(30-20)18-22-9-6-5-7-10-22)17-29-27(33)19-31-15-13-23(14-16-31)36-28-25(34-3)11-8-12-26(28)35-4/h5-12,23H,13-19H2,1-4H3,(H,29,33). The topological polar surface area (TPSA) is 77.8 Å². The monoisotopic (exact) mass is 492 g/mol. The quantitative estimate of drug-likeness (QED) is 0.465. The van der Waals surface area contributed by atoms with Crippen LogP contribution in [0.25, 0.3) is 0 Å². The number of carbonyl (C=O) groups is 1. The normalized spacial score (nSPS) is 14.4. The number of rotatable bonds is 10. The Balaban J connectivity index is 1.25. The molecule has 1 amide bonds. The first-order valence-corrected chi connectivity index (χ1v) is 12.4. The lowest BCUT2D eigenvalue weighted by atomic mass is 10.1. The fourth-order valence-electron chi connectivity index (χ4n) is 4.63. The number of benzene rings is 2. The first-order valence-electron chi connectivity index (χ1n) is 12.4. The molecular weight excluding hydrogens is 456 g/mol. The third kappa shape index (κ3) is 6.18. The third-order valence-corrected chi connectivity index (χ3v) is 6.74. The van der Waals surface area contributed by atoms with E-state index in [0.29, 0.717) is 30.3 Å². The summed E-state index contributed by atoms with van der Waals surface area (Å²) in [5.74, 6) is 1.98. The molecule has 192 valence electrons. The van der Waals surface area contributed by atoms with Crippen LogP contribution in [0.3, 0.4) is 0 Å². The van der Waals surface area contributed by atoms with Crippen molar-refractivity contribution in [3.63, 3.8) is 0 Å². The Morgan fingerprint density at radius 3 is 2.31 bits per heavy atom. The van der Waals surface area contributed by atoms with Crippen molar-refractivity contribution in [1.29, 1.82) is 0 Å². The number of nitrogens with one attached hydrogen (secondary N) is 1. The molecule has 36 heavy (non-hydrogen) atoms. The van der Waals surface area contributed by atoms with Crippen LogP contribution in [-0.2, 0) is 17.9 Å². The molecule has 1 saturated heterocycles. The molecule has 8 nitrogen and oxygen atoms in total. The molecule has 1 aromatic heterocycles. The Morgan fingerprint density at radius 2 is 1.67 bits per heavy atom. The highest BCUT2D eigenvalue weighted by molar-refractivity contribution is 5.78. The van der Waals surface area contributed by atoms with Gasteiger partial charge in [0, 0.05) is 30.9 Å². The molecule has 0 atom stereocenters. The molecule has 8 heteroatoms. The SMILES string of the molecule is COc1cccc(OC)c1OC1CCN(CC(=O)NCc2c(C)nn(Cc3ccccc3)c2C)CC1. The van der Waals surface area contributed by atoms with Gasteiger partial charge in [-0.3, -0.25) is 14.4 Å². The molecule has 0 saturated carbocycles. The third-order valence-electron chi connectivity index (χ3n) is 6.74. The first kappa shape index (κ1) is 25.6. The van der Waals surface area contributed by atoms with Crippen LogP contribution in [0.15, 0.2) is 48.5 Å². The molecule has 4 rings (SSSR count). The largest absolute Gasteiger partial charge is 0.493 e. The van der Waals surface area contributed by atoms with Crippen LogP contribution in [0, 0.1) is 13.8 Å². The Labute approximate surface area is 213 Å². The smallest absolute Gasteiger partial charge is 0.234 e. The minimum atomic E-state index is 0.0235. The van der Waals surface area contributed by atoms with Crippen molar-refractivity contribution in [2.45, 2.75) is 45.9 Å². The van der Waals surface area contributed by atoms with E-state index in [1.807, 2.05) is 48.0 Å². The average Bonchev–Trinajstić information content (AvgIpc) is 3.16. The number of amides is 1. The number of para-hydroxylation sites is 1. The average molecular weight is 493 g/mol. The number of hydrogen-bond acceptors (Lipinski definition) is 6. The highest BCUT2D eigenvalue weighted by Crippen LogP contribution is 2.38. The summed E-state index contributed by atoms with van der Waals surface area (Å²) in [4.78, 5) is 14.9. The number of likely N-dealkylation sites (tertiary alicyclic amines) is 1. The summed E-state index contributed by atoms with van der Waals surface area (Å²) in [6.07, 6.45) is 1.72. The Morgan fingerprint density at radius 1 is 1.00 bits per heavy atom. The van der Waals surface area contributed by atoms with Crippen LogP contribution in [0.1, 0.15) is 35.4 Å². The van der Waals surface area contributed by atoms with Gasteiger partial charge < -0.3 is 19.5 Å². The molecule has 0 aliphatic carbocycles. The molecular formula is C28H36N4O4. The van der Waals surface area contributed by atoms with E-state index in [0.717, 1.165) is 49.4 Å². The number of nitrogens with zero attached hydrogens (tertiary/aromatic N) is 3. The zero-order valence-corrected chi connectivity index (χ0v) is 21.6. The van der Waals surface area contributed by atoms with Gasteiger partial charge in [-0.2, -0.15) is 5.10 Å². The Hall–Kier alpha value is -3.52. The fraction of sp³-hybridized carbons (Fsp3) is 0.429. The van der Waals surface area contributed by atoms with Crippen LogP contribution in [-0.4, -0.2) is 60.5 Å². The van der Waals surface area contributed by atoms with Crippen LogP contribution in [0.4, 0.5) is 0 Å². The second-order valence-corrected chi connectivity index (χ2v) is 9.15. The van der Waals surface area contributed by atoms with Gasteiger partial charge >= 0.3 is 0 Å². The number of piperidine rings is 1. The van der Waals surface area contributed by atoms with Gasteiger partial charge in [-0.1, -0.05) is 36.4 Å². The van der Waals surface area contributed by atoms with E-state index >= 15 is 0 Å². The molecule has 1 aliphatic heterocycles. The van der Waals surface area contributed by atoms with E-state index < -0.39 is 0 Å². The van der Waals surface area contributed by atoms with Crippen LogP contribution in [0.5, 0.6) is 17.2 Å².